The first-order chi connectivity index (χ1) is 9.10. The summed E-state index contributed by atoms with van der Waals surface area (Å²) >= 11 is 0. The Morgan fingerprint density at radius 1 is 1.40 bits per heavy atom. The van der Waals surface area contributed by atoms with Crippen LogP contribution in [0, 0.1) is 5.41 Å². The van der Waals surface area contributed by atoms with Crippen LogP contribution >= 0.6 is 0 Å². The zero-order valence-corrected chi connectivity index (χ0v) is 12.3. The molecule has 2 heterocycles. The van der Waals surface area contributed by atoms with Gasteiger partial charge in [-0.25, -0.2) is 18.2 Å². The number of hydrogen-bond acceptors (Lipinski definition) is 4. The van der Waals surface area contributed by atoms with Crippen LogP contribution in [-0.2, 0) is 9.84 Å². The molecule has 6 nitrogen and oxygen atoms in total. The van der Waals surface area contributed by atoms with Crippen LogP contribution in [0.4, 0.5) is 0 Å². The smallest absolute Gasteiger partial charge is 0.372 e. The fourth-order valence-electron chi connectivity index (χ4n) is 1.98. The highest BCUT2D eigenvalue weighted by molar-refractivity contribution is 7.91. The Bertz CT molecular complexity index is 769. The average molecular weight is 296 g/mol. The lowest BCUT2D eigenvalue weighted by atomic mass is 10.0. The standard InChI is InChI=1S/C13H16N2O4S/c1-13(2,3)8-20(18,19)10-4-5-15-9(6-10)7-14-11(15)12(16)17/h4-7H,8H2,1-3H3,(H,16,17). The van der Waals surface area contributed by atoms with Crippen molar-refractivity contribution in [2.75, 3.05) is 5.75 Å². The van der Waals surface area contributed by atoms with Crippen LogP contribution < -0.4 is 0 Å². The van der Waals surface area contributed by atoms with Gasteiger partial charge >= 0.3 is 5.97 Å². The number of carboxylic acid groups (broad SMARTS) is 1. The van der Waals surface area contributed by atoms with Gasteiger partial charge in [-0.3, -0.25) is 4.40 Å². The highest BCUT2D eigenvalue weighted by Crippen LogP contribution is 2.23. The third-order valence-electron chi connectivity index (χ3n) is 2.68. The van der Waals surface area contributed by atoms with Crippen molar-refractivity contribution in [1.82, 2.24) is 9.38 Å². The van der Waals surface area contributed by atoms with Crippen molar-refractivity contribution >= 4 is 21.3 Å². The largest absolute Gasteiger partial charge is 0.475 e. The van der Waals surface area contributed by atoms with Gasteiger partial charge in [-0.2, -0.15) is 0 Å². The monoisotopic (exact) mass is 296 g/mol. The number of rotatable bonds is 3. The molecule has 0 fully saturated rings. The van der Waals surface area contributed by atoms with Crippen LogP contribution in [0.3, 0.4) is 0 Å². The fourth-order valence-corrected chi connectivity index (χ4v) is 3.86. The van der Waals surface area contributed by atoms with E-state index in [1.807, 2.05) is 20.8 Å². The van der Waals surface area contributed by atoms with E-state index in [9.17, 15) is 13.2 Å². The topological polar surface area (TPSA) is 88.7 Å². The first-order valence-electron chi connectivity index (χ1n) is 6.03. The van der Waals surface area contributed by atoms with E-state index in [0.717, 1.165) is 0 Å². The van der Waals surface area contributed by atoms with Crippen molar-refractivity contribution in [3.63, 3.8) is 0 Å². The molecule has 0 amide bonds. The summed E-state index contributed by atoms with van der Waals surface area (Å²) in [6.45, 7) is 5.55. The van der Waals surface area contributed by atoms with E-state index in [0.29, 0.717) is 5.52 Å². The number of carbonyl (C=O) groups is 1. The van der Waals surface area contributed by atoms with E-state index < -0.39 is 15.8 Å². The molecule has 0 aliphatic rings. The lowest BCUT2D eigenvalue weighted by Crippen LogP contribution is -2.21. The van der Waals surface area contributed by atoms with Gasteiger partial charge in [0.25, 0.3) is 0 Å². The number of aromatic nitrogens is 2. The summed E-state index contributed by atoms with van der Waals surface area (Å²) in [5.41, 5.74) is 0.0922. The predicted molar refractivity (Wildman–Crippen MR) is 73.7 cm³/mol. The highest BCUT2D eigenvalue weighted by atomic mass is 32.2. The molecule has 0 aromatic carbocycles. The molecule has 0 aliphatic carbocycles. The van der Waals surface area contributed by atoms with Gasteiger partial charge in [0.15, 0.2) is 9.84 Å². The maximum atomic E-state index is 12.3. The number of imidazole rings is 1. The molecule has 0 aliphatic heterocycles. The van der Waals surface area contributed by atoms with E-state index in [1.165, 1.54) is 28.9 Å². The number of nitrogens with zero attached hydrogens (tertiary/aromatic N) is 2. The molecule has 0 saturated heterocycles. The summed E-state index contributed by atoms with van der Waals surface area (Å²) in [5, 5.41) is 8.95. The zero-order valence-electron chi connectivity index (χ0n) is 11.5. The second-order valence-corrected chi connectivity index (χ2v) is 7.85. The van der Waals surface area contributed by atoms with Crippen molar-refractivity contribution in [1.29, 1.82) is 0 Å². The van der Waals surface area contributed by atoms with E-state index in [1.54, 1.807) is 0 Å². The molecule has 108 valence electrons. The number of hydrogen-bond donors (Lipinski definition) is 1. The molecule has 0 radical (unpaired) electrons. The van der Waals surface area contributed by atoms with Crippen LogP contribution in [0.15, 0.2) is 29.4 Å². The summed E-state index contributed by atoms with van der Waals surface area (Å²) in [5.74, 6) is -1.27. The van der Waals surface area contributed by atoms with Crippen molar-refractivity contribution in [2.45, 2.75) is 25.7 Å². The zero-order chi connectivity index (χ0) is 15.1. The number of pyridine rings is 1. The SMILES string of the molecule is CC(C)(C)CS(=O)(=O)c1ccn2c(C(=O)O)ncc2c1. The molecule has 0 atom stereocenters. The van der Waals surface area contributed by atoms with Gasteiger partial charge in [0.05, 0.1) is 22.4 Å². The maximum absolute atomic E-state index is 12.3. The Labute approximate surface area is 117 Å². The van der Waals surface area contributed by atoms with E-state index >= 15 is 0 Å². The van der Waals surface area contributed by atoms with Gasteiger partial charge in [0.2, 0.25) is 5.82 Å². The fraction of sp³-hybridized carbons (Fsp3) is 0.385. The molecule has 7 heteroatoms. The molecule has 0 bridgehead atoms. The van der Waals surface area contributed by atoms with Gasteiger partial charge in [-0.1, -0.05) is 20.8 Å². The second kappa shape index (κ2) is 4.59. The average Bonchev–Trinajstić information content (AvgIpc) is 2.67. The van der Waals surface area contributed by atoms with Crippen LogP contribution in [-0.4, -0.2) is 34.6 Å². The Kier molecular flexibility index (Phi) is 3.33. The minimum atomic E-state index is -3.41. The molecule has 2 aromatic rings. The molecule has 2 rings (SSSR count). The van der Waals surface area contributed by atoms with Gasteiger partial charge < -0.3 is 5.11 Å². The molecular formula is C13H16N2O4S. The van der Waals surface area contributed by atoms with Crippen molar-refractivity contribution < 1.29 is 18.3 Å². The lowest BCUT2D eigenvalue weighted by molar-refractivity contribution is 0.0683. The van der Waals surface area contributed by atoms with Crippen LogP contribution in [0.5, 0.6) is 0 Å². The third kappa shape index (κ3) is 2.82. The minimum absolute atomic E-state index is 0.0239. The Hall–Kier alpha value is -1.89. The number of fused-ring (bicyclic) bond motifs is 1. The molecule has 20 heavy (non-hydrogen) atoms. The van der Waals surface area contributed by atoms with Crippen LogP contribution in [0.2, 0.25) is 0 Å². The summed E-state index contributed by atoms with van der Waals surface area (Å²) in [7, 11) is -3.41. The van der Waals surface area contributed by atoms with Crippen molar-refractivity contribution in [3.05, 3.63) is 30.4 Å². The quantitative estimate of drug-likeness (QED) is 0.933. The second-order valence-electron chi connectivity index (χ2n) is 5.86. The van der Waals surface area contributed by atoms with Crippen LogP contribution in [0.25, 0.3) is 5.52 Å². The molecule has 2 aromatic heterocycles. The lowest BCUT2D eigenvalue weighted by Gasteiger charge is -2.18. The van der Waals surface area contributed by atoms with Gasteiger partial charge in [0.1, 0.15) is 0 Å². The van der Waals surface area contributed by atoms with Gasteiger partial charge in [0, 0.05) is 6.20 Å². The summed E-state index contributed by atoms with van der Waals surface area (Å²) < 4.78 is 25.9. The summed E-state index contributed by atoms with van der Waals surface area (Å²) in [6, 6.07) is 2.85. The molecular weight excluding hydrogens is 280 g/mol. The minimum Gasteiger partial charge on any atom is -0.475 e. The van der Waals surface area contributed by atoms with Crippen molar-refractivity contribution in [3.8, 4) is 0 Å². The normalized spacial score (nSPS) is 12.8. The Morgan fingerprint density at radius 2 is 2.05 bits per heavy atom. The Morgan fingerprint density at radius 3 is 2.60 bits per heavy atom. The number of aromatic carboxylic acids is 1. The maximum Gasteiger partial charge on any atom is 0.372 e. The molecule has 0 spiro atoms. The number of carboxylic acids is 1. The predicted octanol–water partition coefficient (Wildman–Crippen LogP) is 1.85. The van der Waals surface area contributed by atoms with E-state index in [-0.39, 0.29) is 21.9 Å². The first kappa shape index (κ1) is 14.5. The van der Waals surface area contributed by atoms with E-state index in [4.69, 9.17) is 5.11 Å². The van der Waals surface area contributed by atoms with Gasteiger partial charge in [-0.05, 0) is 17.5 Å². The third-order valence-corrected chi connectivity index (χ3v) is 4.90. The van der Waals surface area contributed by atoms with Gasteiger partial charge in [-0.15, -0.1) is 0 Å². The summed E-state index contributed by atoms with van der Waals surface area (Å²) in [4.78, 5) is 14.9. The molecule has 1 N–H and O–H groups in total. The number of sulfone groups is 1. The molecule has 0 unspecified atom stereocenters. The first-order valence-corrected chi connectivity index (χ1v) is 7.68. The van der Waals surface area contributed by atoms with E-state index in [2.05, 4.69) is 4.98 Å². The summed E-state index contributed by atoms with van der Waals surface area (Å²) in [6.07, 6.45) is 2.76. The molecule has 0 saturated carbocycles. The van der Waals surface area contributed by atoms with Crippen LogP contribution in [0.1, 0.15) is 31.4 Å². The van der Waals surface area contributed by atoms with Crippen molar-refractivity contribution in [2.24, 2.45) is 5.41 Å². The Balaban J connectivity index is 2.50. The highest BCUT2D eigenvalue weighted by Gasteiger charge is 2.24.